The van der Waals surface area contributed by atoms with Crippen LogP contribution in [-0.4, -0.2) is 33.5 Å². The van der Waals surface area contributed by atoms with Crippen molar-refractivity contribution in [1.29, 1.82) is 0 Å². The minimum atomic E-state index is 0.595. The Morgan fingerprint density at radius 2 is 2.00 bits per heavy atom. The van der Waals surface area contributed by atoms with Crippen molar-refractivity contribution in [1.82, 2.24) is 19.7 Å². The number of rotatable bonds is 8. The Hall–Kier alpha value is -2.19. The van der Waals surface area contributed by atoms with Crippen LogP contribution in [0.25, 0.3) is 22.0 Å². The van der Waals surface area contributed by atoms with Crippen molar-refractivity contribution in [3.05, 3.63) is 70.2 Å². The van der Waals surface area contributed by atoms with E-state index in [0.717, 1.165) is 32.8 Å². The van der Waals surface area contributed by atoms with Gasteiger partial charge in [0.1, 0.15) is 5.01 Å². The van der Waals surface area contributed by atoms with E-state index in [1.54, 1.807) is 30.2 Å². The maximum atomic E-state index is 6.31. The molecule has 0 fully saturated rings. The van der Waals surface area contributed by atoms with Crippen LogP contribution in [0.4, 0.5) is 0 Å². The van der Waals surface area contributed by atoms with Crippen LogP contribution in [0, 0.1) is 6.92 Å². The number of benzene rings is 2. The largest absolute Gasteiger partial charge is 0.383 e. The smallest absolute Gasteiger partial charge is 0.191 e. The summed E-state index contributed by atoms with van der Waals surface area (Å²) < 4.78 is 7.42. The first-order valence-corrected chi connectivity index (χ1v) is 11.7. The number of hydrogen-bond donors (Lipinski definition) is 0. The van der Waals surface area contributed by atoms with E-state index in [1.807, 2.05) is 30.3 Å². The molecule has 2 heterocycles. The molecule has 0 aliphatic rings. The predicted molar refractivity (Wildman–Crippen MR) is 124 cm³/mol. The van der Waals surface area contributed by atoms with Crippen molar-refractivity contribution < 1.29 is 4.74 Å². The molecule has 0 amide bonds. The molecule has 30 heavy (non-hydrogen) atoms. The van der Waals surface area contributed by atoms with E-state index >= 15 is 0 Å². The van der Waals surface area contributed by atoms with Crippen molar-refractivity contribution in [2.45, 2.75) is 24.4 Å². The maximum Gasteiger partial charge on any atom is 0.191 e. The summed E-state index contributed by atoms with van der Waals surface area (Å²) in [4.78, 5) is 4.76. The van der Waals surface area contributed by atoms with Gasteiger partial charge in [-0.3, -0.25) is 4.57 Å². The molecule has 0 saturated carbocycles. The highest BCUT2D eigenvalue weighted by molar-refractivity contribution is 7.98. The summed E-state index contributed by atoms with van der Waals surface area (Å²) in [5, 5.41) is 13.5. The number of aryl methyl sites for hydroxylation is 1. The van der Waals surface area contributed by atoms with Gasteiger partial charge in [0.2, 0.25) is 0 Å². The quantitative estimate of drug-likeness (QED) is 0.306. The lowest BCUT2D eigenvalue weighted by molar-refractivity contribution is 0.185. The van der Waals surface area contributed by atoms with Gasteiger partial charge in [-0.05, 0) is 19.1 Å². The van der Waals surface area contributed by atoms with Gasteiger partial charge >= 0.3 is 0 Å². The zero-order chi connectivity index (χ0) is 20.9. The van der Waals surface area contributed by atoms with Gasteiger partial charge in [0, 0.05) is 29.4 Å². The van der Waals surface area contributed by atoms with Crippen LogP contribution in [0.3, 0.4) is 0 Å². The molecule has 0 bridgehead atoms. The number of aromatic nitrogens is 4. The Bertz CT molecular complexity index is 1140. The number of thioether (sulfide) groups is 1. The molecule has 8 heteroatoms. The van der Waals surface area contributed by atoms with Gasteiger partial charge in [-0.2, -0.15) is 0 Å². The fraction of sp³-hybridized carbons (Fsp3) is 0.227. The molecule has 0 spiro atoms. The van der Waals surface area contributed by atoms with Crippen molar-refractivity contribution >= 4 is 34.7 Å². The third-order valence-electron chi connectivity index (χ3n) is 4.52. The van der Waals surface area contributed by atoms with Gasteiger partial charge in [0.25, 0.3) is 0 Å². The standard InChI is InChI=1S/C22H21ClN4OS2/c1-15-6-5-7-16(12-15)20-25-26-22(27(20)10-11-28-2)30-14-17-13-29-21(24-17)18-8-3-4-9-19(18)23/h3-9,12-13H,10-11,14H2,1-2H3. The SMILES string of the molecule is COCCn1c(SCc2csc(-c3ccccc3Cl)n2)nnc1-c1cccc(C)c1. The lowest BCUT2D eigenvalue weighted by atomic mass is 10.1. The van der Waals surface area contributed by atoms with E-state index in [-0.39, 0.29) is 0 Å². The van der Waals surface area contributed by atoms with Crippen LogP contribution in [0.1, 0.15) is 11.3 Å². The highest BCUT2D eigenvalue weighted by Gasteiger charge is 2.16. The summed E-state index contributed by atoms with van der Waals surface area (Å²) in [6.45, 7) is 3.36. The molecule has 0 radical (unpaired) electrons. The molecule has 0 N–H and O–H groups in total. The van der Waals surface area contributed by atoms with Gasteiger partial charge in [0.15, 0.2) is 11.0 Å². The molecular formula is C22H21ClN4OS2. The lowest BCUT2D eigenvalue weighted by Crippen LogP contribution is -2.07. The van der Waals surface area contributed by atoms with Crippen LogP contribution in [-0.2, 0) is 17.0 Å². The van der Waals surface area contributed by atoms with E-state index in [0.29, 0.717) is 23.9 Å². The Balaban J connectivity index is 1.54. The normalized spacial score (nSPS) is 11.2. The Labute approximate surface area is 189 Å². The lowest BCUT2D eigenvalue weighted by Gasteiger charge is -2.09. The van der Waals surface area contributed by atoms with E-state index < -0.39 is 0 Å². The van der Waals surface area contributed by atoms with E-state index in [2.05, 4.69) is 45.3 Å². The third-order valence-corrected chi connectivity index (χ3v) is 6.77. The molecule has 2 aromatic heterocycles. The molecule has 5 nitrogen and oxygen atoms in total. The van der Waals surface area contributed by atoms with Gasteiger partial charge in [0.05, 0.1) is 23.9 Å². The summed E-state index contributed by atoms with van der Waals surface area (Å²) in [6, 6.07) is 16.1. The molecular weight excluding hydrogens is 436 g/mol. The van der Waals surface area contributed by atoms with Gasteiger partial charge in [-0.1, -0.05) is 65.3 Å². The van der Waals surface area contributed by atoms with Crippen molar-refractivity contribution in [2.24, 2.45) is 0 Å². The predicted octanol–water partition coefficient (Wildman–Crippen LogP) is 5.97. The number of halogens is 1. The Kier molecular flexibility index (Phi) is 6.84. The van der Waals surface area contributed by atoms with E-state index in [1.165, 1.54) is 5.56 Å². The molecule has 0 saturated heterocycles. The maximum absolute atomic E-state index is 6.31. The summed E-state index contributed by atoms with van der Waals surface area (Å²) in [7, 11) is 1.70. The minimum absolute atomic E-state index is 0.595. The average molecular weight is 457 g/mol. The highest BCUT2D eigenvalue weighted by atomic mass is 35.5. The van der Waals surface area contributed by atoms with Crippen LogP contribution in [0.15, 0.2) is 59.1 Å². The number of ether oxygens (including phenoxy) is 1. The second kappa shape index (κ2) is 9.75. The van der Waals surface area contributed by atoms with Crippen LogP contribution < -0.4 is 0 Å². The zero-order valence-corrected chi connectivity index (χ0v) is 19.1. The van der Waals surface area contributed by atoms with Gasteiger partial charge in [-0.25, -0.2) is 4.98 Å². The fourth-order valence-electron chi connectivity index (χ4n) is 3.05. The molecule has 2 aromatic carbocycles. The first-order valence-electron chi connectivity index (χ1n) is 9.47. The molecule has 154 valence electrons. The van der Waals surface area contributed by atoms with Crippen molar-refractivity contribution in [3.63, 3.8) is 0 Å². The summed E-state index contributed by atoms with van der Waals surface area (Å²) in [5.74, 6) is 1.56. The van der Waals surface area contributed by atoms with Crippen molar-refractivity contribution in [3.8, 4) is 22.0 Å². The first-order chi connectivity index (χ1) is 14.7. The average Bonchev–Trinajstić information content (AvgIpc) is 3.38. The minimum Gasteiger partial charge on any atom is -0.383 e. The third kappa shape index (κ3) is 4.75. The number of thiazole rings is 1. The Morgan fingerprint density at radius 1 is 1.13 bits per heavy atom. The second-order valence-corrected chi connectivity index (χ2v) is 8.94. The van der Waals surface area contributed by atoms with Crippen LogP contribution >= 0.6 is 34.7 Å². The molecule has 4 aromatic rings. The summed E-state index contributed by atoms with van der Waals surface area (Å²) >= 11 is 9.54. The summed E-state index contributed by atoms with van der Waals surface area (Å²) in [5.41, 5.74) is 4.21. The first kappa shape index (κ1) is 21.1. The fourth-order valence-corrected chi connectivity index (χ4v) is 5.15. The number of methoxy groups -OCH3 is 1. The molecule has 0 atom stereocenters. The van der Waals surface area contributed by atoms with Crippen LogP contribution in [0.2, 0.25) is 5.02 Å². The second-order valence-electron chi connectivity index (χ2n) is 6.73. The molecule has 0 aliphatic carbocycles. The summed E-state index contributed by atoms with van der Waals surface area (Å²) in [6.07, 6.45) is 0. The van der Waals surface area contributed by atoms with Crippen LogP contribution in [0.5, 0.6) is 0 Å². The molecule has 0 unspecified atom stereocenters. The molecule has 4 rings (SSSR count). The van der Waals surface area contributed by atoms with E-state index in [4.69, 9.17) is 21.3 Å². The van der Waals surface area contributed by atoms with E-state index in [9.17, 15) is 0 Å². The topological polar surface area (TPSA) is 52.8 Å². The molecule has 0 aliphatic heterocycles. The number of nitrogens with zero attached hydrogens (tertiary/aromatic N) is 4. The Morgan fingerprint density at radius 3 is 2.80 bits per heavy atom. The monoisotopic (exact) mass is 456 g/mol. The van der Waals surface area contributed by atoms with Crippen molar-refractivity contribution in [2.75, 3.05) is 13.7 Å². The highest BCUT2D eigenvalue weighted by Crippen LogP contribution is 2.32. The van der Waals surface area contributed by atoms with Gasteiger partial charge < -0.3 is 4.74 Å². The zero-order valence-electron chi connectivity index (χ0n) is 16.7. The van der Waals surface area contributed by atoms with Gasteiger partial charge in [-0.15, -0.1) is 21.5 Å². The number of hydrogen-bond acceptors (Lipinski definition) is 6.